The first-order valence-corrected chi connectivity index (χ1v) is 8.59. The molecule has 1 heterocycles. The summed E-state index contributed by atoms with van der Waals surface area (Å²) in [6.07, 6.45) is 0. The smallest absolute Gasteiger partial charge is 0.321 e. The Morgan fingerprint density at radius 3 is 2.81 bits per heavy atom. The molecule has 0 radical (unpaired) electrons. The minimum Gasteiger partial charge on any atom is -0.323 e. The molecule has 3 nitrogen and oxygen atoms in total. The van der Waals surface area contributed by atoms with Gasteiger partial charge < -0.3 is 10.2 Å². The zero-order chi connectivity index (χ0) is 15.0. The number of hydrogen-bond donors (Lipinski definition) is 1. The molecule has 0 fully saturated rings. The van der Waals surface area contributed by atoms with E-state index in [1.807, 2.05) is 12.1 Å². The lowest BCUT2D eigenvalue weighted by Crippen LogP contribution is -2.35. The molecule has 0 aliphatic carbocycles. The molecule has 2 aromatic carbocycles. The number of carbonyl (C=O) groups excluding carboxylic acids is 1. The molecule has 0 spiro atoms. The molecule has 2 amide bonds. The Hall–Kier alpha value is -1.08. The van der Waals surface area contributed by atoms with Gasteiger partial charge in [-0.2, -0.15) is 0 Å². The maximum atomic E-state index is 11.6. The van der Waals surface area contributed by atoms with Crippen LogP contribution in [-0.2, 0) is 6.54 Å². The van der Waals surface area contributed by atoms with Crippen LogP contribution in [0.2, 0.25) is 0 Å². The molecule has 1 unspecified atom stereocenters. The fraction of sp³-hybridized carbons (Fsp3) is 0.188. The van der Waals surface area contributed by atoms with Gasteiger partial charge in [-0.25, -0.2) is 4.79 Å². The summed E-state index contributed by atoms with van der Waals surface area (Å²) in [6, 6.07) is 14.5. The first kappa shape index (κ1) is 14.8. The number of nitrogens with one attached hydrogen (secondary N) is 1. The second kappa shape index (κ2) is 5.96. The highest BCUT2D eigenvalue weighted by atomic mass is 127. The number of fused-ring (bicyclic) bond motifs is 1. The fourth-order valence-electron chi connectivity index (χ4n) is 2.42. The van der Waals surface area contributed by atoms with E-state index in [1.54, 1.807) is 11.9 Å². The van der Waals surface area contributed by atoms with Crippen molar-refractivity contribution < 1.29 is 4.79 Å². The lowest BCUT2D eigenvalue weighted by Gasteiger charge is -2.27. The van der Waals surface area contributed by atoms with Crippen molar-refractivity contribution in [2.75, 3.05) is 12.4 Å². The van der Waals surface area contributed by atoms with E-state index in [4.69, 9.17) is 0 Å². The van der Waals surface area contributed by atoms with Crippen LogP contribution >= 0.6 is 38.5 Å². The van der Waals surface area contributed by atoms with Crippen LogP contribution in [0.1, 0.15) is 21.5 Å². The predicted molar refractivity (Wildman–Crippen MR) is 96.9 cm³/mol. The van der Waals surface area contributed by atoms with E-state index in [2.05, 4.69) is 74.2 Å². The summed E-state index contributed by atoms with van der Waals surface area (Å²) in [4.78, 5) is 13.5. The number of urea groups is 1. The molecule has 2 aromatic rings. The lowest BCUT2D eigenvalue weighted by molar-refractivity contribution is 0.218. The van der Waals surface area contributed by atoms with Crippen molar-refractivity contribution in [1.29, 1.82) is 0 Å². The maximum Gasteiger partial charge on any atom is 0.321 e. The quantitative estimate of drug-likeness (QED) is 0.513. The summed E-state index contributed by atoms with van der Waals surface area (Å²) in [7, 11) is 1.80. The van der Waals surface area contributed by atoms with Crippen molar-refractivity contribution in [3.8, 4) is 0 Å². The van der Waals surface area contributed by atoms with Crippen LogP contribution in [0.5, 0.6) is 0 Å². The average molecular weight is 457 g/mol. The molecule has 108 valence electrons. The van der Waals surface area contributed by atoms with Crippen molar-refractivity contribution in [3.63, 3.8) is 0 Å². The third-order valence-electron chi connectivity index (χ3n) is 3.60. The molecule has 0 saturated heterocycles. The van der Waals surface area contributed by atoms with Crippen LogP contribution in [0.15, 0.2) is 42.5 Å². The zero-order valence-corrected chi connectivity index (χ0v) is 15.2. The summed E-state index contributed by atoms with van der Waals surface area (Å²) in [6.45, 7) is 0.639. The molecule has 21 heavy (non-hydrogen) atoms. The Morgan fingerprint density at radius 1 is 1.29 bits per heavy atom. The number of hydrogen-bond acceptors (Lipinski definition) is 1. The monoisotopic (exact) mass is 456 g/mol. The Labute approximate surface area is 146 Å². The molecular weight excluding hydrogens is 443 g/mol. The normalized spacial score (nSPS) is 15.4. The lowest BCUT2D eigenvalue weighted by atomic mass is 10.0. The first-order chi connectivity index (χ1) is 10.1. The third kappa shape index (κ3) is 2.94. The highest BCUT2D eigenvalue weighted by molar-refractivity contribution is 14.1. The van der Waals surface area contributed by atoms with Crippen LogP contribution in [0.4, 0.5) is 10.5 Å². The molecule has 1 aliphatic heterocycles. The van der Waals surface area contributed by atoms with Gasteiger partial charge in [0.05, 0.1) is 4.83 Å². The third-order valence-corrected chi connectivity index (χ3v) is 5.60. The van der Waals surface area contributed by atoms with Gasteiger partial charge in [0.15, 0.2) is 0 Å². The number of alkyl halides is 1. The molecule has 0 aromatic heterocycles. The van der Waals surface area contributed by atoms with Crippen LogP contribution < -0.4 is 5.32 Å². The molecular formula is C16H14BrIN2O. The van der Waals surface area contributed by atoms with Crippen LogP contribution in [0.25, 0.3) is 0 Å². The molecule has 0 saturated carbocycles. The Bertz CT molecular complexity index is 704. The van der Waals surface area contributed by atoms with Gasteiger partial charge in [0.2, 0.25) is 0 Å². The predicted octanol–water partition coefficient (Wildman–Crippen LogP) is 4.75. The van der Waals surface area contributed by atoms with E-state index in [9.17, 15) is 4.79 Å². The minimum absolute atomic E-state index is 0.0525. The number of amides is 2. The van der Waals surface area contributed by atoms with Crippen LogP contribution in [0, 0.1) is 3.57 Å². The Morgan fingerprint density at radius 2 is 2.05 bits per heavy atom. The molecule has 1 N–H and O–H groups in total. The minimum atomic E-state index is -0.0525. The number of benzene rings is 2. The number of nitrogens with zero attached hydrogens (tertiary/aromatic N) is 1. The molecule has 1 atom stereocenters. The summed E-state index contributed by atoms with van der Waals surface area (Å²) < 4.78 is 1.24. The molecule has 0 bridgehead atoms. The van der Waals surface area contributed by atoms with Gasteiger partial charge in [-0.15, -0.1) is 0 Å². The van der Waals surface area contributed by atoms with Gasteiger partial charge in [0.1, 0.15) is 0 Å². The first-order valence-electron chi connectivity index (χ1n) is 6.59. The van der Waals surface area contributed by atoms with Crippen molar-refractivity contribution in [2.45, 2.75) is 11.4 Å². The van der Waals surface area contributed by atoms with E-state index in [0.29, 0.717) is 6.54 Å². The van der Waals surface area contributed by atoms with Gasteiger partial charge >= 0.3 is 6.03 Å². The van der Waals surface area contributed by atoms with Gasteiger partial charge in [0.25, 0.3) is 0 Å². The highest BCUT2D eigenvalue weighted by Crippen LogP contribution is 2.36. The second-order valence-corrected chi connectivity index (χ2v) is 7.16. The fourth-order valence-corrected chi connectivity index (χ4v) is 4.23. The van der Waals surface area contributed by atoms with Crippen molar-refractivity contribution in [2.24, 2.45) is 0 Å². The maximum absolute atomic E-state index is 11.6. The Balaban J connectivity index is 1.96. The average Bonchev–Trinajstić information content (AvgIpc) is 2.48. The van der Waals surface area contributed by atoms with E-state index >= 15 is 0 Å². The van der Waals surface area contributed by atoms with Crippen molar-refractivity contribution in [3.05, 3.63) is 62.7 Å². The van der Waals surface area contributed by atoms with Gasteiger partial charge in [0, 0.05) is 22.8 Å². The Kier molecular flexibility index (Phi) is 4.21. The summed E-state index contributed by atoms with van der Waals surface area (Å²) in [5.41, 5.74) is 4.50. The van der Waals surface area contributed by atoms with Gasteiger partial charge in [-0.3, -0.25) is 0 Å². The SMILES string of the molecule is CN1Cc2cc(C(Br)c3ccccc3I)ccc2NC1=O. The zero-order valence-electron chi connectivity index (χ0n) is 11.4. The van der Waals surface area contributed by atoms with Gasteiger partial charge in [-0.05, 0) is 51.4 Å². The number of anilines is 1. The topological polar surface area (TPSA) is 32.3 Å². The van der Waals surface area contributed by atoms with Crippen LogP contribution in [-0.4, -0.2) is 18.0 Å². The summed E-state index contributed by atoms with van der Waals surface area (Å²) in [5, 5.41) is 2.90. The van der Waals surface area contributed by atoms with Crippen molar-refractivity contribution in [1.82, 2.24) is 4.90 Å². The largest absolute Gasteiger partial charge is 0.323 e. The van der Waals surface area contributed by atoms with E-state index in [1.165, 1.54) is 14.7 Å². The second-order valence-electron chi connectivity index (χ2n) is 5.09. The van der Waals surface area contributed by atoms with Gasteiger partial charge in [-0.1, -0.05) is 46.3 Å². The number of carbonyl (C=O) groups is 1. The van der Waals surface area contributed by atoms with Crippen molar-refractivity contribution >= 4 is 50.2 Å². The summed E-state index contributed by atoms with van der Waals surface area (Å²) in [5.74, 6) is 0. The molecule has 5 heteroatoms. The molecule has 3 rings (SSSR count). The highest BCUT2D eigenvalue weighted by Gasteiger charge is 2.21. The number of halogens is 2. The summed E-state index contributed by atoms with van der Waals surface area (Å²) >= 11 is 6.15. The standard InChI is InChI=1S/C16H14BrIN2O/c1-20-9-11-8-10(6-7-14(11)19-16(20)21)15(17)12-4-2-3-5-13(12)18/h2-8,15H,9H2,1H3,(H,19,21). The van der Waals surface area contributed by atoms with Crippen LogP contribution in [0.3, 0.4) is 0 Å². The molecule has 1 aliphatic rings. The number of rotatable bonds is 2. The van der Waals surface area contributed by atoms with E-state index < -0.39 is 0 Å². The van der Waals surface area contributed by atoms with E-state index in [0.717, 1.165) is 11.3 Å². The van der Waals surface area contributed by atoms with E-state index in [-0.39, 0.29) is 10.9 Å².